The minimum atomic E-state index is -0.888. The summed E-state index contributed by atoms with van der Waals surface area (Å²) in [6, 6.07) is 9.21. The van der Waals surface area contributed by atoms with Crippen molar-refractivity contribution in [2.24, 2.45) is 5.10 Å². The summed E-state index contributed by atoms with van der Waals surface area (Å²) in [6.45, 7) is 5.64. The molecule has 0 radical (unpaired) electrons. The second kappa shape index (κ2) is 8.54. The lowest BCUT2D eigenvalue weighted by atomic mass is 9.97. The van der Waals surface area contributed by atoms with E-state index in [1.807, 2.05) is 24.8 Å². The summed E-state index contributed by atoms with van der Waals surface area (Å²) in [5.74, 6) is -1.00. The van der Waals surface area contributed by atoms with E-state index in [1.165, 1.54) is 5.01 Å². The van der Waals surface area contributed by atoms with Crippen molar-refractivity contribution in [3.8, 4) is 0 Å². The van der Waals surface area contributed by atoms with E-state index in [-0.39, 0.29) is 42.5 Å². The fourth-order valence-electron chi connectivity index (χ4n) is 3.82. The first-order valence-corrected chi connectivity index (χ1v) is 9.87. The van der Waals surface area contributed by atoms with E-state index >= 15 is 0 Å². The van der Waals surface area contributed by atoms with E-state index in [0.29, 0.717) is 5.69 Å². The highest BCUT2D eigenvalue weighted by atomic mass is 16.5. The van der Waals surface area contributed by atoms with Gasteiger partial charge in [0.25, 0.3) is 5.91 Å². The third-order valence-electron chi connectivity index (χ3n) is 5.35. The SMILES string of the molecule is C[C@@H]1CCC[C@@H](C)N1C(=O)[C@@H](C)OC(=O)C1=NN(c2ccccc2)C(=O)CC1. The number of para-hydroxylation sites is 1. The van der Waals surface area contributed by atoms with Gasteiger partial charge in [0, 0.05) is 24.9 Å². The van der Waals surface area contributed by atoms with Crippen LogP contribution in [0.5, 0.6) is 0 Å². The van der Waals surface area contributed by atoms with Gasteiger partial charge in [-0.2, -0.15) is 5.10 Å². The zero-order valence-corrected chi connectivity index (χ0v) is 16.6. The van der Waals surface area contributed by atoms with Crippen LogP contribution in [-0.2, 0) is 19.1 Å². The molecule has 7 nitrogen and oxygen atoms in total. The smallest absolute Gasteiger partial charge is 0.355 e. The van der Waals surface area contributed by atoms with Crippen molar-refractivity contribution in [1.82, 2.24) is 4.90 Å². The van der Waals surface area contributed by atoms with Gasteiger partial charge < -0.3 is 9.64 Å². The molecule has 0 N–H and O–H groups in total. The maximum atomic E-state index is 12.8. The van der Waals surface area contributed by atoms with Gasteiger partial charge in [-0.25, -0.2) is 9.80 Å². The van der Waals surface area contributed by atoms with E-state index in [4.69, 9.17) is 4.74 Å². The van der Waals surface area contributed by atoms with Crippen molar-refractivity contribution in [3.63, 3.8) is 0 Å². The highest BCUT2D eigenvalue weighted by Gasteiger charge is 2.34. The van der Waals surface area contributed by atoms with Crippen LogP contribution >= 0.6 is 0 Å². The predicted octanol–water partition coefficient (Wildman–Crippen LogP) is 2.89. The molecule has 7 heteroatoms. The lowest BCUT2D eigenvalue weighted by Gasteiger charge is -2.40. The molecule has 1 saturated heterocycles. The van der Waals surface area contributed by atoms with Gasteiger partial charge in [0.1, 0.15) is 5.71 Å². The third kappa shape index (κ3) is 4.24. The van der Waals surface area contributed by atoms with Crippen molar-refractivity contribution in [2.45, 2.75) is 71.1 Å². The molecule has 3 rings (SSSR count). The summed E-state index contributed by atoms with van der Waals surface area (Å²) in [5.41, 5.74) is 0.750. The Hall–Kier alpha value is -2.70. The molecule has 0 saturated carbocycles. The molecule has 1 aromatic carbocycles. The lowest BCUT2D eigenvalue weighted by Crippen LogP contribution is -2.51. The second-order valence-corrected chi connectivity index (χ2v) is 7.51. The molecule has 1 aromatic rings. The van der Waals surface area contributed by atoms with Crippen LogP contribution in [0.15, 0.2) is 35.4 Å². The lowest BCUT2D eigenvalue weighted by molar-refractivity contribution is -0.157. The third-order valence-corrected chi connectivity index (χ3v) is 5.35. The van der Waals surface area contributed by atoms with Crippen LogP contribution in [0.4, 0.5) is 5.69 Å². The number of rotatable bonds is 4. The molecule has 1 fully saturated rings. The topological polar surface area (TPSA) is 79.3 Å². The molecule has 2 aliphatic rings. The van der Waals surface area contributed by atoms with E-state index < -0.39 is 12.1 Å². The average Bonchev–Trinajstić information content (AvgIpc) is 2.68. The number of nitrogens with zero attached hydrogens (tertiary/aromatic N) is 3. The number of carbonyl (C=O) groups is 3. The Kier molecular flexibility index (Phi) is 6.11. The molecule has 2 heterocycles. The van der Waals surface area contributed by atoms with Crippen LogP contribution in [0.1, 0.15) is 52.9 Å². The minimum absolute atomic E-state index is 0.135. The number of ether oxygens (including phenoxy) is 1. The van der Waals surface area contributed by atoms with E-state index in [1.54, 1.807) is 31.2 Å². The Labute approximate surface area is 165 Å². The first-order valence-electron chi connectivity index (χ1n) is 9.87. The number of carbonyl (C=O) groups excluding carboxylic acids is 3. The zero-order valence-electron chi connectivity index (χ0n) is 16.6. The number of hydrogen-bond donors (Lipinski definition) is 0. The maximum absolute atomic E-state index is 12.8. The molecule has 2 aliphatic heterocycles. The Balaban J connectivity index is 1.69. The Morgan fingerprint density at radius 1 is 1.11 bits per heavy atom. The molecular weight excluding hydrogens is 358 g/mol. The molecule has 28 heavy (non-hydrogen) atoms. The highest BCUT2D eigenvalue weighted by molar-refractivity contribution is 6.38. The van der Waals surface area contributed by atoms with E-state index in [9.17, 15) is 14.4 Å². The van der Waals surface area contributed by atoms with Gasteiger partial charge in [-0.05, 0) is 52.2 Å². The minimum Gasteiger partial charge on any atom is -0.448 e. The highest BCUT2D eigenvalue weighted by Crippen LogP contribution is 2.24. The van der Waals surface area contributed by atoms with Crippen LogP contribution in [0.2, 0.25) is 0 Å². The molecule has 0 aromatic heterocycles. The standard InChI is InChI=1S/C21H27N3O4/c1-14-8-7-9-15(2)23(14)20(26)16(3)28-21(27)18-12-13-19(25)24(22-18)17-10-5-4-6-11-17/h4-6,10-11,14-16H,7-9,12-13H2,1-3H3/t14-,15-,16-/m1/s1. The Morgan fingerprint density at radius 3 is 2.39 bits per heavy atom. The summed E-state index contributed by atoms with van der Waals surface area (Å²) >= 11 is 0. The quantitative estimate of drug-likeness (QED) is 0.747. The Bertz CT molecular complexity index is 767. The number of anilines is 1. The molecule has 3 atom stereocenters. The summed E-state index contributed by atoms with van der Waals surface area (Å²) in [4.78, 5) is 39.4. The van der Waals surface area contributed by atoms with Gasteiger partial charge in [0.15, 0.2) is 6.10 Å². The predicted molar refractivity (Wildman–Crippen MR) is 106 cm³/mol. The summed E-state index contributed by atoms with van der Waals surface area (Å²) in [7, 11) is 0. The van der Waals surface area contributed by atoms with Crippen molar-refractivity contribution in [3.05, 3.63) is 30.3 Å². The van der Waals surface area contributed by atoms with Gasteiger partial charge >= 0.3 is 5.97 Å². The number of likely N-dealkylation sites (tertiary alicyclic amines) is 1. The maximum Gasteiger partial charge on any atom is 0.355 e. The van der Waals surface area contributed by atoms with Gasteiger partial charge in [-0.1, -0.05) is 18.2 Å². The van der Waals surface area contributed by atoms with Crippen LogP contribution in [0.3, 0.4) is 0 Å². The van der Waals surface area contributed by atoms with Crippen molar-refractivity contribution < 1.29 is 19.1 Å². The summed E-state index contributed by atoms with van der Waals surface area (Å²) in [5, 5.41) is 5.41. The van der Waals surface area contributed by atoms with Crippen LogP contribution in [0, 0.1) is 0 Å². The second-order valence-electron chi connectivity index (χ2n) is 7.51. The fourth-order valence-corrected chi connectivity index (χ4v) is 3.82. The fraction of sp³-hybridized carbons (Fsp3) is 0.524. The number of amides is 2. The normalized spacial score (nSPS) is 23.8. The zero-order chi connectivity index (χ0) is 20.3. The average molecular weight is 385 g/mol. The van der Waals surface area contributed by atoms with Crippen molar-refractivity contribution in [1.29, 1.82) is 0 Å². The van der Waals surface area contributed by atoms with E-state index in [0.717, 1.165) is 19.3 Å². The molecular formula is C21H27N3O4. The summed E-state index contributed by atoms with van der Waals surface area (Å²) < 4.78 is 5.42. The molecule has 0 unspecified atom stereocenters. The van der Waals surface area contributed by atoms with Crippen molar-refractivity contribution >= 4 is 29.2 Å². The molecule has 0 spiro atoms. The monoisotopic (exact) mass is 385 g/mol. The number of hydrogen-bond acceptors (Lipinski definition) is 5. The summed E-state index contributed by atoms with van der Waals surface area (Å²) in [6.07, 6.45) is 2.50. The number of hydrazone groups is 1. The Morgan fingerprint density at radius 2 is 1.75 bits per heavy atom. The first kappa shape index (κ1) is 20.0. The van der Waals surface area contributed by atoms with E-state index in [2.05, 4.69) is 5.10 Å². The van der Waals surface area contributed by atoms with Crippen LogP contribution < -0.4 is 5.01 Å². The van der Waals surface area contributed by atoms with Gasteiger partial charge in [-0.15, -0.1) is 0 Å². The van der Waals surface area contributed by atoms with Crippen LogP contribution in [0.25, 0.3) is 0 Å². The van der Waals surface area contributed by atoms with Gasteiger partial charge in [-0.3, -0.25) is 9.59 Å². The van der Waals surface area contributed by atoms with Crippen molar-refractivity contribution in [2.75, 3.05) is 5.01 Å². The molecule has 0 aliphatic carbocycles. The number of piperidine rings is 1. The molecule has 2 amide bonds. The largest absolute Gasteiger partial charge is 0.448 e. The molecule has 0 bridgehead atoms. The molecule has 150 valence electrons. The van der Waals surface area contributed by atoms with Gasteiger partial charge in [0.2, 0.25) is 5.91 Å². The van der Waals surface area contributed by atoms with Gasteiger partial charge in [0.05, 0.1) is 5.69 Å². The number of esters is 1. The van der Waals surface area contributed by atoms with Crippen LogP contribution in [-0.4, -0.2) is 46.6 Å². The first-order chi connectivity index (χ1) is 13.4. The number of benzene rings is 1.